The van der Waals surface area contributed by atoms with Crippen LogP contribution in [0.25, 0.3) is 11.3 Å². The number of halogens is 2. The minimum Gasteiger partial charge on any atom is -0.350 e. The summed E-state index contributed by atoms with van der Waals surface area (Å²) in [5, 5.41) is 6.75. The number of nitrogens with zero attached hydrogens (tertiary/aromatic N) is 5. The van der Waals surface area contributed by atoms with Gasteiger partial charge < -0.3 is 10.2 Å². The molecule has 0 bridgehead atoms. The Hall–Kier alpha value is -3.36. The SMILES string of the molecule is Cc1cc(C(F)F)nn1CC(=O)NC1CCN(c2nccc(-c3ccccc3)n2)C1. The first kappa shape index (κ1) is 19.9. The lowest BCUT2D eigenvalue weighted by Gasteiger charge is -2.17. The highest BCUT2D eigenvalue weighted by Gasteiger charge is 2.26. The van der Waals surface area contributed by atoms with Gasteiger partial charge in [0.25, 0.3) is 6.43 Å². The van der Waals surface area contributed by atoms with Crippen molar-refractivity contribution < 1.29 is 13.6 Å². The van der Waals surface area contributed by atoms with Gasteiger partial charge in [-0.2, -0.15) is 5.10 Å². The van der Waals surface area contributed by atoms with E-state index in [1.165, 1.54) is 10.7 Å². The summed E-state index contributed by atoms with van der Waals surface area (Å²) in [6, 6.07) is 13.0. The molecule has 1 atom stereocenters. The third-order valence-corrected chi connectivity index (χ3v) is 5.07. The average molecular weight is 412 g/mol. The number of anilines is 1. The van der Waals surface area contributed by atoms with E-state index < -0.39 is 6.43 Å². The van der Waals surface area contributed by atoms with E-state index in [0.717, 1.165) is 24.2 Å². The van der Waals surface area contributed by atoms with Gasteiger partial charge in [-0.3, -0.25) is 9.48 Å². The molecule has 1 aromatic carbocycles. The molecule has 3 heterocycles. The molecule has 4 rings (SSSR count). The van der Waals surface area contributed by atoms with Gasteiger partial charge >= 0.3 is 0 Å². The summed E-state index contributed by atoms with van der Waals surface area (Å²) in [7, 11) is 0. The van der Waals surface area contributed by atoms with Gasteiger partial charge in [0.15, 0.2) is 0 Å². The van der Waals surface area contributed by atoms with E-state index in [0.29, 0.717) is 18.2 Å². The fourth-order valence-electron chi connectivity index (χ4n) is 3.54. The van der Waals surface area contributed by atoms with Crippen molar-refractivity contribution in [2.24, 2.45) is 0 Å². The molecule has 156 valence electrons. The van der Waals surface area contributed by atoms with Gasteiger partial charge in [-0.15, -0.1) is 0 Å². The normalized spacial score (nSPS) is 16.3. The van der Waals surface area contributed by atoms with E-state index in [2.05, 4.69) is 20.4 Å². The van der Waals surface area contributed by atoms with Gasteiger partial charge in [0.1, 0.15) is 12.2 Å². The summed E-state index contributed by atoms with van der Waals surface area (Å²) in [6.07, 6.45) is -0.161. The molecule has 0 aliphatic carbocycles. The number of rotatable bonds is 6. The largest absolute Gasteiger partial charge is 0.350 e. The van der Waals surface area contributed by atoms with Crippen molar-refractivity contribution in [1.29, 1.82) is 0 Å². The highest BCUT2D eigenvalue weighted by molar-refractivity contribution is 5.76. The topological polar surface area (TPSA) is 75.9 Å². The van der Waals surface area contributed by atoms with E-state index in [1.54, 1.807) is 13.1 Å². The minimum atomic E-state index is -2.65. The Morgan fingerprint density at radius 1 is 1.27 bits per heavy atom. The van der Waals surface area contributed by atoms with Crippen LogP contribution < -0.4 is 10.2 Å². The first-order valence-electron chi connectivity index (χ1n) is 9.75. The second kappa shape index (κ2) is 8.56. The number of aryl methyl sites for hydroxylation is 1. The molecule has 7 nitrogen and oxygen atoms in total. The Morgan fingerprint density at radius 3 is 2.80 bits per heavy atom. The highest BCUT2D eigenvalue weighted by Crippen LogP contribution is 2.21. The molecule has 1 saturated heterocycles. The molecule has 1 fully saturated rings. The van der Waals surface area contributed by atoms with E-state index in [4.69, 9.17) is 0 Å². The van der Waals surface area contributed by atoms with Gasteiger partial charge in [0.05, 0.1) is 5.69 Å². The zero-order chi connectivity index (χ0) is 21.1. The van der Waals surface area contributed by atoms with Crippen LogP contribution in [0.4, 0.5) is 14.7 Å². The predicted octanol–water partition coefficient (Wildman–Crippen LogP) is 2.98. The smallest absolute Gasteiger partial charge is 0.282 e. The number of benzene rings is 1. The quantitative estimate of drug-likeness (QED) is 0.674. The summed E-state index contributed by atoms with van der Waals surface area (Å²) in [6.45, 7) is 2.87. The zero-order valence-electron chi connectivity index (χ0n) is 16.5. The van der Waals surface area contributed by atoms with Crippen molar-refractivity contribution in [2.45, 2.75) is 32.4 Å². The van der Waals surface area contributed by atoms with Crippen LogP contribution in [0.1, 0.15) is 24.2 Å². The van der Waals surface area contributed by atoms with E-state index >= 15 is 0 Å². The maximum atomic E-state index is 12.8. The molecule has 1 unspecified atom stereocenters. The van der Waals surface area contributed by atoms with Crippen molar-refractivity contribution >= 4 is 11.9 Å². The molecule has 3 aromatic rings. The van der Waals surface area contributed by atoms with E-state index in [9.17, 15) is 13.6 Å². The predicted molar refractivity (Wildman–Crippen MR) is 108 cm³/mol. The number of nitrogens with one attached hydrogen (secondary N) is 1. The van der Waals surface area contributed by atoms with Crippen molar-refractivity contribution in [3.8, 4) is 11.3 Å². The fourth-order valence-corrected chi connectivity index (χ4v) is 3.54. The molecule has 1 amide bonds. The van der Waals surface area contributed by atoms with Crippen LogP contribution in [0.2, 0.25) is 0 Å². The van der Waals surface area contributed by atoms with Crippen molar-refractivity contribution in [1.82, 2.24) is 25.1 Å². The lowest BCUT2D eigenvalue weighted by molar-refractivity contribution is -0.122. The number of carbonyl (C=O) groups is 1. The highest BCUT2D eigenvalue weighted by atomic mass is 19.3. The maximum absolute atomic E-state index is 12.8. The molecule has 30 heavy (non-hydrogen) atoms. The third kappa shape index (κ3) is 4.45. The molecule has 0 spiro atoms. The van der Waals surface area contributed by atoms with Crippen molar-refractivity contribution in [3.05, 3.63) is 60.0 Å². The van der Waals surface area contributed by atoms with Gasteiger partial charge in [0, 0.05) is 36.6 Å². The second-order valence-corrected chi connectivity index (χ2v) is 7.28. The van der Waals surface area contributed by atoms with Crippen LogP contribution in [-0.2, 0) is 11.3 Å². The lowest BCUT2D eigenvalue weighted by atomic mass is 10.1. The monoisotopic (exact) mass is 412 g/mol. The molecule has 1 N–H and O–H groups in total. The second-order valence-electron chi connectivity index (χ2n) is 7.28. The number of amides is 1. The Kier molecular flexibility index (Phi) is 5.69. The third-order valence-electron chi connectivity index (χ3n) is 5.07. The summed E-state index contributed by atoms with van der Waals surface area (Å²) >= 11 is 0. The molecule has 0 radical (unpaired) electrons. The van der Waals surface area contributed by atoms with Crippen LogP contribution in [0.3, 0.4) is 0 Å². The van der Waals surface area contributed by atoms with Gasteiger partial charge in [0.2, 0.25) is 11.9 Å². The van der Waals surface area contributed by atoms with Crippen LogP contribution in [0.5, 0.6) is 0 Å². The van der Waals surface area contributed by atoms with Crippen molar-refractivity contribution in [3.63, 3.8) is 0 Å². The Morgan fingerprint density at radius 2 is 2.07 bits per heavy atom. The molecule has 2 aromatic heterocycles. The van der Waals surface area contributed by atoms with Gasteiger partial charge in [-0.25, -0.2) is 18.7 Å². The molecule has 9 heteroatoms. The summed E-state index contributed by atoms with van der Waals surface area (Å²) in [4.78, 5) is 23.4. The van der Waals surface area contributed by atoms with Crippen molar-refractivity contribution in [2.75, 3.05) is 18.0 Å². The van der Waals surface area contributed by atoms with Crippen LogP contribution >= 0.6 is 0 Å². The number of alkyl halides is 2. The van der Waals surface area contributed by atoms with Crippen LogP contribution in [-0.4, -0.2) is 44.8 Å². The average Bonchev–Trinajstić information content (AvgIpc) is 3.36. The zero-order valence-corrected chi connectivity index (χ0v) is 16.5. The van der Waals surface area contributed by atoms with Crippen LogP contribution in [0, 0.1) is 6.92 Å². The Labute approximate surface area is 172 Å². The number of aromatic nitrogens is 4. The molecular weight excluding hydrogens is 390 g/mol. The summed E-state index contributed by atoms with van der Waals surface area (Å²) in [5.41, 5.74) is 2.07. The maximum Gasteiger partial charge on any atom is 0.282 e. The molecular formula is C21H22F2N6O. The first-order valence-corrected chi connectivity index (χ1v) is 9.75. The summed E-state index contributed by atoms with van der Waals surface area (Å²) < 4.78 is 26.8. The first-order chi connectivity index (χ1) is 14.5. The standard InChI is InChI=1S/C21H22F2N6O/c1-14-11-18(20(22)23)27-29(14)13-19(30)25-16-8-10-28(12-16)21-24-9-7-17(26-21)15-5-3-2-4-6-15/h2-7,9,11,16,20H,8,10,12-13H2,1H3,(H,25,30). The number of hydrogen-bond donors (Lipinski definition) is 1. The lowest BCUT2D eigenvalue weighted by Crippen LogP contribution is -2.39. The Bertz CT molecular complexity index is 1020. The van der Waals surface area contributed by atoms with Crippen LogP contribution in [0.15, 0.2) is 48.7 Å². The van der Waals surface area contributed by atoms with Gasteiger partial charge in [-0.05, 0) is 25.5 Å². The molecule has 1 aliphatic heterocycles. The summed E-state index contributed by atoms with van der Waals surface area (Å²) in [5.74, 6) is 0.366. The van der Waals surface area contributed by atoms with E-state index in [-0.39, 0.29) is 24.2 Å². The van der Waals surface area contributed by atoms with E-state index in [1.807, 2.05) is 41.3 Å². The Balaban J connectivity index is 1.36. The van der Waals surface area contributed by atoms with Gasteiger partial charge in [-0.1, -0.05) is 30.3 Å². The number of hydrogen-bond acceptors (Lipinski definition) is 5. The minimum absolute atomic E-state index is 0.0630. The molecule has 0 saturated carbocycles. The fraction of sp³-hybridized carbons (Fsp3) is 0.333. The number of carbonyl (C=O) groups excluding carboxylic acids is 1. The molecule has 1 aliphatic rings.